The number of aromatic carboxylic acids is 1. The average Bonchev–Trinajstić information content (AvgIpc) is 2.38. The summed E-state index contributed by atoms with van der Waals surface area (Å²) < 4.78 is 32.1. The highest BCUT2D eigenvalue weighted by Crippen LogP contribution is 2.23. The monoisotopic (exact) mass is 333 g/mol. The SMILES string of the molecule is CCOc1ccc(S(=O)(=O)NC(C)CSC)cc1C(=O)O. The van der Waals surface area contributed by atoms with Gasteiger partial charge in [-0.05, 0) is 38.3 Å². The normalized spacial score (nSPS) is 12.9. The molecule has 0 bridgehead atoms. The average molecular weight is 333 g/mol. The Morgan fingerprint density at radius 2 is 2.14 bits per heavy atom. The van der Waals surface area contributed by atoms with E-state index in [1.54, 1.807) is 13.8 Å². The summed E-state index contributed by atoms with van der Waals surface area (Å²) in [7, 11) is -3.75. The van der Waals surface area contributed by atoms with Crippen LogP contribution in [0.5, 0.6) is 5.75 Å². The van der Waals surface area contributed by atoms with Crippen molar-refractivity contribution >= 4 is 27.8 Å². The number of sulfonamides is 1. The Morgan fingerprint density at radius 1 is 1.48 bits per heavy atom. The summed E-state index contributed by atoms with van der Waals surface area (Å²) in [5.74, 6) is -0.448. The van der Waals surface area contributed by atoms with Crippen LogP contribution in [0.2, 0.25) is 0 Å². The minimum atomic E-state index is -3.75. The summed E-state index contributed by atoms with van der Waals surface area (Å²) in [6, 6.07) is 3.57. The number of carboxylic acids is 1. The van der Waals surface area contributed by atoms with Gasteiger partial charge in [-0.15, -0.1) is 0 Å². The lowest BCUT2D eigenvalue weighted by Crippen LogP contribution is -2.34. The zero-order chi connectivity index (χ0) is 16.0. The predicted octanol–water partition coefficient (Wildman–Crippen LogP) is 1.81. The van der Waals surface area contributed by atoms with Gasteiger partial charge in [-0.2, -0.15) is 11.8 Å². The second-order valence-electron chi connectivity index (χ2n) is 4.37. The summed E-state index contributed by atoms with van der Waals surface area (Å²) in [4.78, 5) is 11.1. The molecular formula is C13H19NO5S2. The Morgan fingerprint density at radius 3 is 2.67 bits per heavy atom. The van der Waals surface area contributed by atoms with Crippen LogP contribution >= 0.6 is 11.8 Å². The van der Waals surface area contributed by atoms with Crippen LogP contribution in [0.4, 0.5) is 0 Å². The van der Waals surface area contributed by atoms with E-state index in [4.69, 9.17) is 9.84 Å². The van der Waals surface area contributed by atoms with Crippen LogP contribution in [0.1, 0.15) is 24.2 Å². The van der Waals surface area contributed by atoms with Gasteiger partial charge in [0.1, 0.15) is 11.3 Å². The molecule has 0 fully saturated rings. The van der Waals surface area contributed by atoms with E-state index in [1.807, 2.05) is 6.26 Å². The number of thioether (sulfide) groups is 1. The third-order valence-electron chi connectivity index (χ3n) is 2.56. The van der Waals surface area contributed by atoms with Gasteiger partial charge < -0.3 is 9.84 Å². The molecule has 21 heavy (non-hydrogen) atoms. The highest BCUT2D eigenvalue weighted by molar-refractivity contribution is 7.98. The largest absolute Gasteiger partial charge is 0.493 e. The van der Waals surface area contributed by atoms with Crippen LogP contribution in [0.15, 0.2) is 23.1 Å². The van der Waals surface area contributed by atoms with Crippen molar-refractivity contribution in [1.29, 1.82) is 0 Å². The number of hydrogen-bond donors (Lipinski definition) is 2. The Balaban J connectivity index is 3.13. The maximum absolute atomic E-state index is 12.2. The van der Waals surface area contributed by atoms with Crippen molar-refractivity contribution < 1.29 is 23.1 Å². The van der Waals surface area contributed by atoms with Crippen molar-refractivity contribution in [2.24, 2.45) is 0 Å². The molecule has 6 nitrogen and oxygen atoms in total. The number of nitrogens with one attached hydrogen (secondary N) is 1. The van der Waals surface area contributed by atoms with Gasteiger partial charge in [0.2, 0.25) is 10.0 Å². The van der Waals surface area contributed by atoms with Crippen LogP contribution in [0, 0.1) is 0 Å². The maximum atomic E-state index is 12.2. The summed E-state index contributed by atoms with van der Waals surface area (Å²) in [6.45, 7) is 3.78. The zero-order valence-electron chi connectivity index (χ0n) is 12.1. The molecule has 1 unspecified atom stereocenters. The molecule has 118 valence electrons. The van der Waals surface area contributed by atoms with Crippen LogP contribution < -0.4 is 9.46 Å². The van der Waals surface area contributed by atoms with Crippen LogP contribution in [-0.4, -0.2) is 44.2 Å². The molecule has 0 radical (unpaired) electrons. The number of ether oxygens (including phenoxy) is 1. The molecule has 0 saturated carbocycles. The van der Waals surface area contributed by atoms with Gasteiger partial charge in [0, 0.05) is 11.8 Å². The molecule has 2 N–H and O–H groups in total. The molecule has 0 aliphatic heterocycles. The quantitative estimate of drug-likeness (QED) is 0.754. The summed E-state index contributed by atoms with van der Waals surface area (Å²) in [6.07, 6.45) is 1.88. The fourth-order valence-corrected chi connectivity index (χ4v) is 3.70. The lowest BCUT2D eigenvalue weighted by Gasteiger charge is -2.14. The van der Waals surface area contributed by atoms with Gasteiger partial charge >= 0.3 is 5.97 Å². The predicted molar refractivity (Wildman–Crippen MR) is 82.7 cm³/mol. The molecule has 0 aliphatic rings. The minimum absolute atomic E-state index is 0.0868. The van der Waals surface area contributed by atoms with E-state index in [0.717, 1.165) is 6.07 Å². The van der Waals surface area contributed by atoms with Crippen molar-refractivity contribution in [3.8, 4) is 5.75 Å². The first kappa shape index (κ1) is 17.8. The van der Waals surface area contributed by atoms with E-state index in [9.17, 15) is 13.2 Å². The Hall–Kier alpha value is -1.25. The van der Waals surface area contributed by atoms with E-state index >= 15 is 0 Å². The third-order valence-corrected chi connectivity index (χ3v) is 4.99. The zero-order valence-corrected chi connectivity index (χ0v) is 13.8. The number of benzene rings is 1. The Bertz CT molecular complexity index is 601. The van der Waals surface area contributed by atoms with E-state index in [-0.39, 0.29) is 22.3 Å². The van der Waals surface area contributed by atoms with Crippen LogP contribution in [-0.2, 0) is 10.0 Å². The first-order chi connectivity index (χ1) is 9.81. The summed E-state index contributed by atoms with van der Waals surface area (Å²) in [5.41, 5.74) is -0.169. The first-order valence-corrected chi connectivity index (χ1v) is 9.21. The third kappa shape index (κ3) is 4.90. The highest BCUT2D eigenvalue weighted by Gasteiger charge is 2.21. The molecule has 1 aromatic rings. The van der Waals surface area contributed by atoms with Crippen LogP contribution in [0.25, 0.3) is 0 Å². The van der Waals surface area contributed by atoms with E-state index in [2.05, 4.69) is 4.72 Å². The smallest absolute Gasteiger partial charge is 0.339 e. The van der Waals surface area contributed by atoms with Crippen molar-refractivity contribution in [3.05, 3.63) is 23.8 Å². The second-order valence-corrected chi connectivity index (χ2v) is 7.00. The van der Waals surface area contributed by atoms with E-state index in [1.165, 1.54) is 23.9 Å². The van der Waals surface area contributed by atoms with Crippen molar-refractivity contribution in [2.75, 3.05) is 18.6 Å². The molecule has 1 atom stereocenters. The molecule has 0 saturated heterocycles. The molecule has 0 aromatic heterocycles. The van der Waals surface area contributed by atoms with Gasteiger partial charge in [0.05, 0.1) is 11.5 Å². The first-order valence-electron chi connectivity index (χ1n) is 6.33. The minimum Gasteiger partial charge on any atom is -0.493 e. The molecule has 0 aliphatic carbocycles. The van der Waals surface area contributed by atoms with Crippen molar-refractivity contribution in [2.45, 2.75) is 24.8 Å². The molecule has 1 rings (SSSR count). The molecule has 0 amide bonds. The number of carbonyl (C=O) groups is 1. The van der Waals surface area contributed by atoms with Crippen molar-refractivity contribution in [3.63, 3.8) is 0 Å². The summed E-state index contributed by atoms with van der Waals surface area (Å²) >= 11 is 1.52. The Kier molecular flexibility index (Phi) is 6.50. The van der Waals surface area contributed by atoms with E-state index in [0.29, 0.717) is 12.4 Å². The topological polar surface area (TPSA) is 92.7 Å². The standard InChI is InChI=1S/C13H19NO5S2/c1-4-19-12-6-5-10(7-11(12)13(15)16)21(17,18)14-9(2)8-20-3/h5-7,9,14H,4,8H2,1-3H3,(H,15,16). The molecule has 0 spiro atoms. The molecule has 8 heteroatoms. The second kappa shape index (κ2) is 7.67. The fraction of sp³-hybridized carbons (Fsp3) is 0.462. The van der Waals surface area contributed by atoms with Crippen LogP contribution in [0.3, 0.4) is 0 Å². The highest BCUT2D eigenvalue weighted by atomic mass is 32.2. The number of rotatable bonds is 8. The summed E-state index contributed by atoms with van der Waals surface area (Å²) in [5, 5.41) is 9.15. The fourth-order valence-electron chi connectivity index (χ4n) is 1.74. The number of hydrogen-bond acceptors (Lipinski definition) is 5. The maximum Gasteiger partial charge on any atom is 0.339 e. The van der Waals surface area contributed by atoms with Gasteiger partial charge in [0.25, 0.3) is 0 Å². The molecule has 0 heterocycles. The Labute approximate surface area is 128 Å². The lowest BCUT2D eigenvalue weighted by atomic mass is 10.2. The molecule has 1 aromatic carbocycles. The van der Waals surface area contributed by atoms with Crippen molar-refractivity contribution in [1.82, 2.24) is 4.72 Å². The molecular weight excluding hydrogens is 314 g/mol. The van der Waals surface area contributed by atoms with Gasteiger partial charge in [-0.1, -0.05) is 0 Å². The van der Waals surface area contributed by atoms with Gasteiger partial charge in [-0.3, -0.25) is 0 Å². The lowest BCUT2D eigenvalue weighted by molar-refractivity contribution is 0.0692. The van der Waals surface area contributed by atoms with Gasteiger partial charge in [0.15, 0.2) is 0 Å². The van der Waals surface area contributed by atoms with Gasteiger partial charge in [-0.25, -0.2) is 17.9 Å². The van der Waals surface area contributed by atoms with E-state index < -0.39 is 16.0 Å². The number of carboxylic acid groups (broad SMARTS) is 1.